The van der Waals surface area contributed by atoms with Gasteiger partial charge in [0.25, 0.3) is 0 Å². The Labute approximate surface area is 203 Å². The van der Waals surface area contributed by atoms with Crippen LogP contribution >= 0.6 is 0 Å². The first kappa shape index (κ1) is 27.3. The zero-order valence-electron chi connectivity index (χ0n) is 23.7. The number of phenolic OH excluding ortho intramolecular Hbond substituents is 2. The maximum atomic E-state index is 11.2. The second-order valence-corrected chi connectivity index (χ2v) is 14.5. The lowest BCUT2D eigenvalue weighted by Gasteiger charge is -2.36. The van der Waals surface area contributed by atoms with Crippen LogP contribution < -0.4 is 0 Å². The molecule has 184 valence electrons. The summed E-state index contributed by atoms with van der Waals surface area (Å²) in [5, 5.41) is 22.4. The highest BCUT2D eigenvalue weighted by molar-refractivity contribution is 5.56. The quantitative estimate of drug-likeness (QED) is 0.479. The number of hydrogen-bond acceptors (Lipinski definition) is 2. The van der Waals surface area contributed by atoms with Crippen LogP contribution in [-0.4, -0.2) is 10.2 Å². The van der Waals surface area contributed by atoms with Gasteiger partial charge in [-0.3, -0.25) is 0 Å². The molecule has 0 bridgehead atoms. The summed E-state index contributed by atoms with van der Waals surface area (Å²) in [5.74, 6) is 0.703. The molecule has 0 spiro atoms. The largest absolute Gasteiger partial charge is 0.508 e. The lowest BCUT2D eigenvalue weighted by atomic mass is 9.68. The van der Waals surface area contributed by atoms with E-state index in [4.69, 9.17) is 0 Å². The van der Waals surface area contributed by atoms with Crippen molar-refractivity contribution in [3.63, 3.8) is 0 Å². The highest BCUT2D eigenvalue weighted by Gasteiger charge is 2.35. The third-order valence-electron chi connectivity index (χ3n) is 6.79. The maximum absolute atomic E-state index is 11.2. The topological polar surface area (TPSA) is 40.5 Å². The molecule has 2 N–H and O–H groups in total. The van der Waals surface area contributed by atoms with Crippen LogP contribution in [0, 0.1) is 0 Å². The third kappa shape index (κ3) is 5.42. The minimum absolute atomic E-state index is 0.110. The minimum Gasteiger partial charge on any atom is -0.508 e. The van der Waals surface area contributed by atoms with Gasteiger partial charge in [0, 0.05) is 16.5 Å². The van der Waals surface area contributed by atoms with Crippen LogP contribution in [0.3, 0.4) is 0 Å². The van der Waals surface area contributed by atoms with Crippen molar-refractivity contribution in [1.29, 1.82) is 0 Å². The van der Waals surface area contributed by atoms with E-state index in [1.165, 1.54) is 11.1 Å². The summed E-state index contributed by atoms with van der Waals surface area (Å²) in [6, 6.07) is 8.40. The van der Waals surface area contributed by atoms with Gasteiger partial charge < -0.3 is 10.2 Å². The Bertz CT molecular complexity index is 944. The fourth-order valence-electron chi connectivity index (χ4n) is 4.90. The van der Waals surface area contributed by atoms with E-state index in [0.717, 1.165) is 22.3 Å². The standard InChI is InChI=1S/C31H48O2/c1-27(2,3)21-15-19(17-23(32)25(21)29(7,8)9)31(13,14)20-16-22(28(4,5)6)26(24(33)18-20)30(10,11)12/h15-18,32-33H,1-14H3. The molecule has 0 aromatic heterocycles. The molecule has 2 rings (SSSR count). The molecule has 0 aliphatic carbocycles. The molecule has 0 aliphatic heterocycles. The van der Waals surface area contributed by atoms with Crippen molar-refractivity contribution in [1.82, 2.24) is 0 Å². The Hall–Kier alpha value is -1.96. The van der Waals surface area contributed by atoms with E-state index >= 15 is 0 Å². The van der Waals surface area contributed by atoms with E-state index in [2.05, 4.69) is 109 Å². The number of phenols is 2. The van der Waals surface area contributed by atoms with Gasteiger partial charge >= 0.3 is 0 Å². The van der Waals surface area contributed by atoms with E-state index in [1.807, 2.05) is 12.1 Å². The van der Waals surface area contributed by atoms with Gasteiger partial charge in [0.15, 0.2) is 0 Å². The summed E-state index contributed by atoms with van der Waals surface area (Å²) in [6.07, 6.45) is 0. The van der Waals surface area contributed by atoms with Crippen molar-refractivity contribution in [2.24, 2.45) is 0 Å². The zero-order chi connectivity index (χ0) is 25.9. The van der Waals surface area contributed by atoms with Crippen LogP contribution in [0.4, 0.5) is 0 Å². The fraction of sp³-hybridized carbons (Fsp3) is 0.613. The lowest BCUT2D eigenvalue weighted by Crippen LogP contribution is -2.27. The van der Waals surface area contributed by atoms with Crippen LogP contribution in [0.2, 0.25) is 0 Å². The van der Waals surface area contributed by atoms with Gasteiger partial charge in [-0.05, 0) is 56.0 Å². The normalized spacial score (nSPS) is 14.0. The highest BCUT2D eigenvalue weighted by atomic mass is 16.3. The molecule has 2 heteroatoms. The van der Waals surface area contributed by atoms with E-state index in [1.54, 1.807) is 0 Å². The van der Waals surface area contributed by atoms with Gasteiger partial charge in [-0.15, -0.1) is 0 Å². The summed E-state index contributed by atoms with van der Waals surface area (Å²) >= 11 is 0. The number of rotatable bonds is 2. The third-order valence-corrected chi connectivity index (χ3v) is 6.79. The monoisotopic (exact) mass is 452 g/mol. The average Bonchev–Trinajstić information content (AvgIpc) is 2.56. The van der Waals surface area contributed by atoms with Crippen molar-refractivity contribution in [3.8, 4) is 11.5 Å². The number of aromatic hydroxyl groups is 2. The fourth-order valence-corrected chi connectivity index (χ4v) is 4.90. The van der Waals surface area contributed by atoms with Crippen molar-refractivity contribution >= 4 is 0 Å². The molecule has 0 fully saturated rings. The summed E-state index contributed by atoms with van der Waals surface area (Å²) < 4.78 is 0. The van der Waals surface area contributed by atoms with Crippen LogP contribution in [0.15, 0.2) is 24.3 Å². The maximum Gasteiger partial charge on any atom is 0.119 e. The molecule has 0 amide bonds. The van der Waals surface area contributed by atoms with Gasteiger partial charge in [0.05, 0.1) is 0 Å². The second-order valence-electron chi connectivity index (χ2n) is 14.5. The van der Waals surface area contributed by atoms with Crippen LogP contribution in [-0.2, 0) is 27.1 Å². The Morgan fingerprint density at radius 3 is 0.909 bits per heavy atom. The van der Waals surface area contributed by atoms with Crippen molar-refractivity contribution in [2.45, 2.75) is 124 Å². The van der Waals surface area contributed by atoms with Crippen molar-refractivity contribution in [3.05, 3.63) is 57.6 Å². The predicted octanol–water partition coefficient (Wildman–Crippen LogP) is 8.61. The van der Waals surface area contributed by atoms with Gasteiger partial charge in [-0.25, -0.2) is 0 Å². The summed E-state index contributed by atoms with van der Waals surface area (Å²) in [4.78, 5) is 0. The molecular formula is C31H48O2. The van der Waals surface area contributed by atoms with Crippen molar-refractivity contribution in [2.75, 3.05) is 0 Å². The molecule has 2 aromatic carbocycles. The molecule has 0 saturated heterocycles. The molecular weight excluding hydrogens is 404 g/mol. The summed E-state index contributed by atoms with van der Waals surface area (Å²) in [7, 11) is 0. The SMILES string of the molecule is CC(C)(C)c1cc(C(C)(C)c2cc(O)c(C(C)(C)C)c(C(C)(C)C)c2)cc(O)c1C(C)(C)C. The molecule has 33 heavy (non-hydrogen) atoms. The molecule has 0 aliphatic rings. The first-order chi connectivity index (χ1) is 14.5. The molecule has 0 radical (unpaired) electrons. The molecule has 0 saturated carbocycles. The van der Waals surface area contributed by atoms with Crippen LogP contribution in [0.5, 0.6) is 11.5 Å². The van der Waals surface area contributed by atoms with Gasteiger partial charge in [0.1, 0.15) is 11.5 Å². The average molecular weight is 453 g/mol. The van der Waals surface area contributed by atoms with E-state index < -0.39 is 5.41 Å². The van der Waals surface area contributed by atoms with Crippen molar-refractivity contribution < 1.29 is 10.2 Å². The highest BCUT2D eigenvalue weighted by Crippen LogP contribution is 2.47. The van der Waals surface area contributed by atoms with E-state index in [-0.39, 0.29) is 21.7 Å². The first-order valence-electron chi connectivity index (χ1n) is 12.3. The first-order valence-corrected chi connectivity index (χ1v) is 12.3. The van der Waals surface area contributed by atoms with Crippen LogP contribution in [0.1, 0.15) is 130 Å². The molecule has 2 nitrogen and oxygen atoms in total. The Kier molecular flexibility index (Phi) is 6.67. The van der Waals surface area contributed by atoms with Crippen LogP contribution in [0.25, 0.3) is 0 Å². The second kappa shape index (κ2) is 8.07. The summed E-state index contributed by atoms with van der Waals surface area (Å²) in [6.45, 7) is 30.5. The Morgan fingerprint density at radius 1 is 0.424 bits per heavy atom. The summed E-state index contributed by atoms with van der Waals surface area (Å²) in [5.41, 5.74) is 5.52. The Morgan fingerprint density at radius 2 is 0.697 bits per heavy atom. The molecule has 0 unspecified atom stereocenters. The molecule has 0 atom stereocenters. The van der Waals surface area contributed by atoms with Gasteiger partial charge in [-0.2, -0.15) is 0 Å². The zero-order valence-corrected chi connectivity index (χ0v) is 23.7. The van der Waals surface area contributed by atoms with E-state index in [0.29, 0.717) is 11.5 Å². The van der Waals surface area contributed by atoms with E-state index in [9.17, 15) is 10.2 Å². The molecule has 0 heterocycles. The predicted molar refractivity (Wildman–Crippen MR) is 143 cm³/mol. The lowest BCUT2D eigenvalue weighted by molar-refractivity contribution is 0.429. The minimum atomic E-state index is -0.401. The molecule has 2 aromatic rings. The Balaban J connectivity index is 2.88. The smallest absolute Gasteiger partial charge is 0.119 e. The van der Waals surface area contributed by atoms with Gasteiger partial charge in [-0.1, -0.05) is 109 Å². The number of hydrogen-bond donors (Lipinski definition) is 2. The van der Waals surface area contributed by atoms with Gasteiger partial charge in [0.2, 0.25) is 0 Å². The number of benzene rings is 2.